The number of rotatable bonds is 4. The normalized spacial score (nSPS) is 22.8. The first-order valence-corrected chi connectivity index (χ1v) is 9.55. The van der Waals surface area contributed by atoms with E-state index in [0.717, 1.165) is 30.8 Å². The van der Waals surface area contributed by atoms with Crippen molar-refractivity contribution in [2.24, 2.45) is 21.8 Å². The average Bonchev–Trinajstić information content (AvgIpc) is 2.94. The van der Waals surface area contributed by atoms with Crippen molar-refractivity contribution >= 4 is 41.5 Å². The van der Waals surface area contributed by atoms with E-state index in [2.05, 4.69) is 31.9 Å². The molecule has 0 radical (unpaired) electrons. The van der Waals surface area contributed by atoms with Crippen molar-refractivity contribution in [2.75, 3.05) is 18.4 Å². The van der Waals surface area contributed by atoms with E-state index in [1.165, 1.54) is 17.8 Å². The van der Waals surface area contributed by atoms with E-state index in [9.17, 15) is 4.79 Å². The molecule has 1 aromatic heterocycles. The number of carbonyl (C=O) groups excluding carboxylic acids is 1. The standard InChI is InChI=1S/C18H25N5O2S/c1-11(23-8-12-6-13(12)9-23)20-7-14(19-5)16-21-15(10-26-16)22-17(24)25-18(2,3)4/h7,10,12-13H,5-6,8-9H2,1-4H3,(H,22,24)/b14-7-,20-11+. The van der Waals surface area contributed by atoms with E-state index in [-0.39, 0.29) is 0 Å². The zero-order valence-corrected chi connectivity index (χ0v) is 16.5. The molecule has 2 aliphatic rings. The summed E-state index contributed by atoms with van der Waals surface area (Å²) >= 11 is 1.37. The molecule has 1 aromatic rings. The molecule has 0 bridgehead atoms. The van der Waals surface area contributed by atoms with Crippen molar-refractivity contribution in [1.29, 1.82) is 0 Å². The molecule has 8 heteroatoms. The van der Waals surface area contributed by atoms with Gasteiger partial charge in [-0.15, -0.1) is 11.3 Å². The number of ether oxygens (including phenoxy) is 1. The average molecular weight is 375 g/mol. The molecule has 2 atom stereocenters. The van der Waals surface area contributed by atoms with Gasteiger partial charge >= 0.3 is 6.09 Å². The van der Waals surface area contributed by atoms with Crippen molar-refractivity contribution in [3.63, 3.8) is 0 Å². The van der Waals surface area contributed by atoms with Crippen LogP contribution in [0.2, 0.25) is 0 Å². The number of piperidine rings is 1. The lowest BCUT2D eigenvalue weighted by Crippen LogP contribution is -2.27. The fourth-order valence-corrected chi connectivity index (χ4v) is 3.64. The minimum Gasteiger partial charge on any atom is -0.444 e. The Morgan fingerprint density at radius 1 is 1.46 bits per heavy atom. The van der Waals surface area contributed by atoms with E-state index in [4.69, 9.17) is 4.74 Å². The molecule has 26 heavy (non-hydrogen) atoms. The highest BCUT2D eigenvalue weighted by Crippen LogP contribution is 2.44. The third-order valence-corrected chi connectivity index (χ3v) is 5.20. The number of carbonyl (C=O) groups is 1. The van der Waals surface area contributed by atoms with Crippen LogP contribution in [0.4, 0.5) is 10.6 Å². The van der Waals surface area contributed by atoms with Gasteiger partial charge in [0.2, 0.25) is 0 Å². The van der Waals surface area contributed by atoms with Gasteiger partial charge in [0, 0.05) is 18.5 Å². The van der Waals surface area contributed by atoms with Crippen molar-refractivity contribution in [3.05, 3.63) is 16.6 Å². The van der Waals surface area contributed by atoms with Crippen LogP contribution in [0.3, 0.4) is 0 Å². The number of thiazole rings is 1. The Labute approximate surface area is 157 Å². The van der Waals surface area contributed by atoms with Gasteiger partial charge in [-0.3, -0.25) is 10.3 Å². The topological polar surface area (TPSA) is 79.2 Å². The van der Waals surface area contributed by atoms with Crippen LogP contribution in [-0.2, 0) is 4.74 Å². The fourth-order valence-electron chi connectivity index (χ4n) is 2.92. The van der Waals surface area contributed by atoms with Gasteiger partial charge < -0.3 is 9.64 Å². The Hall–Kier alpha value is -2.22. The highest BCUT2D eigenvalue weighted by Gasteiger charge is 2.45. The van der Waals surface area contributed by atoms with Gasteiger partial charge in [0.15, 0.2) is 0 Å². The Morgan fingerprint density at radius 3 is 2.77 bits per heavy atom. The summed E-state index contributed by atoms with van der Waals surface area (Å²) in [4.78, 5) is 27.1. The quantitative estimate of drug-likeness (QED) is 0.640. The summed E-state index contributed by atoms with van der Waals surface area (Å²) in [5.41, 5.74) is 0.0231. The van der Waals surface area contributed by atoms with Gasteiger partial charge in [-0.05, 0) is 52.7 Å². The molecule has 1 aliphatic heterocycles. The van der Waals surface area contributed by atoms with Gasteiger partial charge in [-0.25, -0.2) is 14.8 Å². The first-order valence-electron chi connectivity index (χ1n) is 8.67. The largest absolute Gasteiger partial charge is 0.444 e. The van der Waals surface area contributed by atoms with Gasteiger partial charge in [0.05, 0.1) is 6.20 Å². The molecule has 1 N–H and O–H groups in total. The predicted octanol–water partition coefficient (Wildman–Crippen LogP) is 3.86. The lowest BCUT2D eigenvalue weighted by molar-refractivity contribution is 0.0635. The first-order chi connectivity index (χ1) is 12.2. The zero-order chi connectivity index (χ0) is 18.9. The third kappa shape index (κ3) is 4.69. The van der Waals surface area contributed by atoms with Gasteiger partial charge in [-0.1, -0.05) is 0 Å². The second kappa shape index (κ2) is 7.19. The molecule has 2 heterocycles. The lowest BCUT2D eigenvalue weighted by atomic mass is 10.2. The summed E-state index contributed by atoms with van der Waals surface area (Å²) in [6.45, 7) is 13.3. The van der Waals surface area contributed by atoms with Crippen LogP contribution < -0.4 is 5.32 Å². The fraction of sp³-hybridized carbons (Fsp3) is 0.556. The van der Waals surface area contributed by atoms with Crippen LogP contribution >= 0.6 is 11.3 Å². The van der Waals surface area contributed by atoms with Gasteiger partial charge in [0.1, 0.15) is 28.0 Å². The second-order valence-corrected chi connectivity index (χ2v) is 8.53. The molecule has 7 nitrogen and oxygen atoms in total. The number of nitrogens with one attached hydrogen (secondary N) is 1. The number of fused-ring (bicyclic) bond motifs is 1. The van der Waals surface area contributed by atoms with Crippen molar-refractivity contribution in [1.82, 2.24) is 9.88 Å². The number of amidine groups is 1. The smallest absolute Gasteiger partial charge is 0.413 e. The number of hydrogen-bond donors (Lipinski definition) is 1. The number of anilines is 1. The second-order valence-electron chi connectivity index (χ2n) is 7.67. The molecule has 1 saturated heterocycles. The first kappa shape index (κ1) is 18.6. The maximum Gasteiger partial charge on any atom is 0.413 e. The van der Waals surface area contributed by atoms with Crippen molar-refractivity contribution < 1.29 is 9.53 Å². The van der Waals surface area contributed by atoms with Crippen LogP contribution in [0, 0.1) is 11.8 Å². The molecule has 0 spiro atoms. The molecule has 2 unspecified atom stereocenters. The molecule has 1 aliphatic carbocycles. The van der Waals surface area contributed by atoms with Crippen molar-refractivity contribution in [3.8, 4) is 0 Å². The molecular weight excluding hydrogens is 350 g/mol. The Balaban J connectivity index is 1.64. The SMILES string of the molecule is C=N/C(=C\N=C(/C)N1CC2CC2C1)c1nc(NC(=O)OC(C)(C)C)cs1. The lowest BCUT2D eigenvalue weighted by Gasteiger charge is -2.19. The van der Waals surface area contributed by atoms with E-state index < -0.39 is 11.7 Å². The molecule has 1 saturated carbocycles. The highest BCUT2D eigenvalue weighted by atomic mass is 32.1. The molecule has 2 fully saturated rings. The number of nitrogens with zero attached hydrogens (tertiary/aromatic N) is 4. The number of likely N-dealkylation sites (tertiary alicyclic amines) is 1. The van der Waals surface area contributed by atoms with E-state index >= 15 is 0 Å². The van der Waals surface area contributed by atoms with Crippen LogP contribution in [0.25, 0.3) is 5.70 Å². The summed E-state index contributed by atoms with van der Waals surface area (Å²) < 4.78 is 5.22. The maximum atomic E-state index is 11.8. The molecule has 1 amide bonds. The minimum atomic E-state index is -0.556. The summed E-state index contributed by atoms with van der Waals surface area (Å²) in [5, 5.41) is 5.01. The van der Waals surface area contributed by atoms with Crippen molar-refractivity contribution in [2.45, 2.75) is 39.7 Å². The Bertz CT molecular complexity index is 752. The Morgan fingerprint density at radius 2 is 2.15 bits per heavy atom. The monoisotopic (exact) mass is 375 g/mol. The number of hydrogen-bond acceptors (Lipinski definition) is 6. The van der Waals surface area contributed by atoms with Gasteiger partial charge in [0.25, 0.3) is 0 Å². The van der Waals surface area contributed by atoms with E-state index in [1.54, 1.807) is 11.6 Å². The third-order valence-electron chi connectivity index (χ3n) is 4.33. The summed E-state index contributed by atoms with van der Waals surface area (Å²) in [5.74, 6) is 3.14. The van der Waals surface area contributed by atoms with Crippen LogP contribution in [0.1, 0.15) is 39.1 Å². The Kier molecular flexibility index (Phi) is 5.13. The van der Waals surface area contributed by atoms with E-state index in [1.807, 2.05) is 27.7 Å². The zero-order valence-electron chi connectivity index (χ0n) is 15.7. The summed E-state index contributed by atoms with van der Waals surface area (Å²) in [6.07, 6.45) is 2.52. The minimum absolute atomic E-state index is 0.425. The van der Waals surface area contributed by atoms with Crippen LogP contribution in [0.5, 0.6) is 0 Å². The highest BCUT2D eigenvalue weighted by molar-refractivity contribution is 7.11. The number of amides is 1. The maximum absolute atomic E-state index is 11.8. The molecule has 3 rings (SSSR count). The van der Waals surface area contributed by atoms with E-state index in [0.29, 0.717) is 16.5 Å². The molecule has 0 aromatic carbocycles. The van der Waals surface area contributed by atoms with Crippen LogP contribution in [0.15, 0.2) is 21.6 Å². The van der Waals surface area contributed by atoms with Crippen LogP contribution in [-0.4, -0.2) is 47.2 Å². The number of aromatic nitrogens is 1. The van der Waals surface area contributed by atoms with Gasteiger partial charge in [-0.2, -0.15) is 0 Å². The molecular formula is C18H25N5O2S. The predicted molar refractivity (Wildman–Crippen MR) is 106 cm³/mol. The number of aliphatic imine (C=N–C) groups is 2. The molecule has 140 valence electrons. The summed E-state index contributed by atoms with van der Waals surface area (Å²) in [6, 6.07) is 0. The summed E-state index contributed by atoms with van der Waals surface area (Å²) in [7, 11) is 0.